The van der Waals surface area contributed by atoms with E-state index >= 15 is 0 Å². The molecule has 27 heavy (non-hydrogen) atoms. The summed E-state index contributed by atoms with van der Waals surface area (Å²) in [7, 11) is 1.28. The van der Waals surface area contributed by atoms with Crippen molar-refractivity contribution in [1.29, 1.82) is 0 Å². The fourth-order valence-electron chi connectivity index (χ4n) is 2.63. The zero-order chi connectivity index (χ0) is 19.4. The molecule has 0 spiro atoms. The van der Waals surface area contributed by atoms with E-state index in [9.17, 15) is 14.4 Å². The number of aromatic carboxylic acids is 1. The van der Waals surface area contributed by atoms with E-state index in [1.54, 1.807) is 24.3 Å². The van der Waals surface area contributed by atoms with Gasteiger partial charge in [0.2, 0.25) is 0 Å². The van der Waals surface area contributed by atoms with Gasteiger partial charge in [-0.25, -0.2) is 14.4 Å². The fourth-order valence-corrected chi connectivity index (χ4v) is 2.63. The summed E-state index contributed by atoms with van der Waals surface area (Å²) in [4.78, 5) is 34.4. The quantitative estimate of drug-likeness (QED) is 0.502. The topological polar surface area (TPSA) is 108 Å². The molecule has 2 aromatic carbocycles. The SMILES string of the molecule is COC(=O)c1ccc2c(c1)oc(=O)n2CCCOc1ccc(C(=O)O)cc1. The van der Waals surface area contributed by atoms with Crippen LogP contribution in [0.15, 0.2) is 51.7 Å². The number of carbonyl (C=O) groups is 2. The average Bonchev–Trinajstić information content (AvgIpc) is 2.99. The largest absolute Gasteiger partial charge is 0.494 e. The molecule has 0 saturated heterocycles. The number of hydrogen-bond donors (Lipinski definition) is 1. The molecule has 0 saturated carbocycles. The first-order valence-electron chi connectivity index (χ1n) is 8.17. The number of methoxy groups -OCH3 is 1. The highest BCUT2D eigenvalue weighted by atomic mass is 16.5. The van der Waals surface area contributed by atoms with E-state index in [0.717, 1.165) is 0 Å². The van der Waals surface area contributed by atoms with Crippen LogP contribution in [0.4, 0.5) is 0 Å². The van der Waals surface area contributed by atoms with Crippen LogP contribution in [0.1, 0.15) is 27.1 Å². The van der Waals surface area contributed by atoms with Gasteiger partial charge < -0.3 is 19.0 Å². The normalized spacial score (nSPS) is 10.7. The number of hydrogen-bond acceptors (Lipinski definition) is 6. The minimum absolute atomic E-state index is 0.185. The van der Waals surface area contributed by atoms with Gasteiger partial charge in [0.1, 0.15) is 5.75 Å². The molecule has 0 amide bonds. The first-order chi connectivity index (χ1) is 13.0. The van der Waals surface area contributed by atoms with Crippen LogP contribution in [0.25, 0.3) is 11.1 Å². The molecular weight excluding hydrogens is 354 g/mol. The van der Waals surface area contributed by atoms with Gasteiger partial charge in [-0.05, 0) is 48.9 Å². The van der Waals surface area contributed by atoms with Gasteiger partial charge in [-0.2, -0.15) is 0 Å². The van der Waals surface area contributed by atoms with E-state index in [0.29, 0.717) is 42.0 Å². The van der Waals surface area contributed by atoms with Gasteiger partial charge in [-0.3, -0.25) is 4.57 Å². The lowest BCUT2D eigenvalue weighted by atomic mass is 10.2. The number of aryl methyl sites for hydroxylation is 1. The minimum Gasteiger partial charge on any atom is -0.494 e. The maximum Gasteiger partial charge on any atom is 0.419 e. The summed E-state index contributed by atoms with van der Waals surface area (Å²) in [5.74, 6) is -1.47. The van der Waals surface area contributed by atoms with E-state index < -0.39 is 17.7 Å². The molecule has 8 heteroatoms. The smallest absolute Gasteiger partial charge is 0.419 e. The van der Waals surface area contributed by atoms with Crippen molar-refractivity contribution in [2.45, 2.75) is 13.0 Å². The van der Waals surface area contributed by atoms with Gasteiger partial charge in [0, 0.05) is 6.54 Å². The second-order valence-corrected chi connectivity index (χ2v) is 5.73. The summed E-state index contributed by atoms with van der Waals surface area (Å²) in [6.45, 7) is 0.711. The average molecular weight is 371 g/mol. The van der Waals surface area contributed by atoms with Gasteiger partial charge in [-0.1, -0.05) is 0 Å². The van der Waals surface area contributed by atoms with E-state index in [1.807, 2.05) is 0 Å². The molecule has 8 nitrogen and oxygen atoms in total. The third-order valence-electron chi connectivity index (χ3n) is 3.99. The predicted octanol–water partition coefficient (Wildman–Crippen LogP) is 2.55. The zero-order valence-electron chi connectivity index (χ0n) is 14.5. The van der Waals surface area contributed by atoms with Crippen LogP contribution in [0.2, 0.25) is 0 Å². The van der Waals surface area contributed by atoms with Crippen molar-refractivity contribution < 1.29 is 28.6 Å². The Labute approximate surface area is 153 Å². The summed E-state index contributed by atoms with van der Waals surface area (Å²) in [5.41, 5.74) is 1.38. The number of esters is 1. The van der Waals surface area contributed by atoms with E-state index in [-0.39, 0.29) is 5.56 Å². The Bertz CT molecular complexity index is 1030. The lowest BCUT2D eigenvalue weighted by molar-refractivity contribution is 0.0600. The van der Waals surface area contributed by atoms with Crippen molar-refractivity contribution in [3.8, 4) is 5.75 Å². The van der Waals surface area contributed by atoms with Gasteiger partial charge in [0.25, 0.3) is 0 Å². The van der Waals surface area contributed by atoms with Crippen molar-refractivity contribution in [3.63, 3.8) is 0 Å². The highest BCUT2D eigenvalue weighted by molar-refractivity contribution is 5.93. The molecule has 3 rings (SSSR count). The third-order valence-corrected chi connectivity index (χ3v) is 3.99. The molecule has 0 bridgehead atoms. The maximum absolute atomic E-state index is 12.0. The van der Waals surface area contributed by atoms with Gasteiger partial charge in [0.05, 0.1) is 30.4 Å². The first kappa shape index (κ1) is 18.2. The lowest BCUT2D eigenvalue weighted by Gasteiger charge is -2.07. The molecule has 1 heterocycles. The lowest BCUT2D eigenvalue weighted by Crippen LogP contribution is -2.15. The monoisotopic (exact) mass is 371 g/mol. The molecule has 1 aromatic heterocycles. The Balaban J connectivity index is 1.63. The molecule has 0 fully saturated rings. The molecular formula is C19H17NO7. The summed E-state index contributed by atoms with van der Waals surface area (Å²) >= 11 is 0. The van der Waals surface area contributed by atoms with E-state index in [1.165, 1.54) is 29.9 Å². The molecule has 140 valence electrons. The standard InChI is InChI=1S/C19H17NO7/c1-25-18(23)13-5-8-15-16(11-13)27-19(24)20(15)9-2-10-26-14-6-3-12(4-7-14)17(21)22/h3-8,11H,2,9-10H2,1H3,(H,21,22). The molecule has 0 unspecified atom stereocenters. The first-order valence-corrected chi connectivity index (χ1v) is 8.17. The van der Waals surface area contributed by atoms with Crippen LogP contribution in [-0.2, 0) is 11.3 Å². The van der Waals surface area contributed by atoms with Crippen LogP contribution >= 0.6 is 0 Å². The molecule has 0 aliphatic heterocycles. The molecule has 0 atom stereocenters. The van der Waals surface area contributed by atoms with Crippen molar-refractivity contribution in [3.05, 3.63) is 64.1 Å². The second-order valence-electron chi connectivity index (χ2n) is 5.73. The highest BCUT2D eigenvalue weighted by Gasteiger charge is 2.13. The fraction of sp³-hybridized carbons (Fsp3) is 0.211. The predicted molar refractivity (Wildman–Crippen MR) is 95.3 cm³/mol. The van der Waals surface area contributed by atoms with Gasteiger partial charge in [-0.15, -0.1) is 0 Å². The molecule has 0 aliphatic carbocycles. The summed E-state index contributed by atoms with van der Waals surface area (Å²) < 4.78 is 16.9. The molecule has 1 N–H and O–H groups in total. The Kier molecular flexibility index (Phi) is 5.25. The summed E-state index contributed by atoms with van der Waals surface area (Å²) in [6.07, 6.45) is 0.536. The van der Waals surface area contributed by atoms with E-state index in [2.05, 4.69) is 4.74 Å². The van der Waals surface area contributed by atoms with Crippen LogP contribution in [-0.4, -0.2) is 35.3 Å². The van der Waals surface area contributed by atoms with Crippen LogP contribution in [0, 0.1) is 0 Å². The van der Waals surface area contributed by atoms with Crippen molar-refractivity contribution >= 4 is 23.0 Å². The number of oxazole rings is 1. The Morgan fingerprint density at radius 3 is 2.48 bits per heavy atom. The third kappa shape index (κ3) is 4.00. The zero-order valence-corrected chi connectivity index (χ0v) is 14.5. The minimum atomic E-state index is -0.997. The number of fused-ring (bicyclic) bond motifs is 1. The number of nitrogens with zero attached hydrogens (tertiary/aromatic N) is 1. The number of benzene rings is 2. The van der Waals surface area contributed by atoms with Crippen LogP contribution in [0.3, 0.4) is 0 Å². The second kappa shape index (κ2) is 7.77. The summed E-state index contributed by atoms with van der Waals surface area (Å²) in [6, 6.07) is 10.8. The number of rotatable bonds is 7. The number of ether oxygens (including phenoxy) is 2. The number of carboxylic acids is 1. The van der Waals surface area contributed by atoms with Gasteiger partial charge >= 0.3 is 17.7 Å². The maximum atomic E-state index is 12.0. The number of carbonyl (C=O) groups excluding carboxylic acids is 1. The Hall–Kier alpha value is -3.55. The van der Waals surface area contributed by atoms with E-state index in [4.69, 9.17) is 14.3 Å². The molecule has 3 aromatic rings. The van der Waals surface area contributed by atoms with Crippen molar-refractivity contribution in [2.75, 3.05) is 13.7 Å². The molecule has 0 aliphatic rings. The number of aromatic nitrogens is 1. The Morgan fingerprint density at radius 1 is 1.11 bits per heavy atom. The van der Waals surface area contributed by atoms with Crippen LogP contribution < -0.4 is 10.5 Å². The van der Waals surface area contributed by atoms with Gasteiger partial charge in [0.15, 0.2) is 5.58 Å². The summed E-state index contributed by atoms with van der Waals surface area (Å²) in [5, 5.41) is 8.86. The van der Waals surface area contributed by atoms with Crippen molar-refractivity contribution in [2.24, 2.45) is 0 Å². The van der Waals surface area contributed by atoms with Crippen LogP contribution in [0.5, 0.6) is 5.75 Å². The molecule has 0 radical (unpaired) electrons. The number of carboxylic acid groups (broad SMARTS) is 1. The van der Waals surface area contributed by atoms with Crippen molar-refractivity contribution in [1.82, 2.24) is 4.57 Å². The Morgan fingerprint density at radius 2 is 1.81 bits per heavy atom. The highest BCUT2D eigenvalue weighted by Crippen LogP contribution is 2.17.